The Morgan fingerprint density at radius 1 is 0.806 bits per heavy atom. The zero-order valence-electron chi connectivity index (χ0n) is 20.1. The standard InChI is InChI=1S/C30H25NO5/c1-3-4-18-31-28(32)24-7-5-6-23-26(17-16-25(27(23)24)29(31)33)36-30(34)21-10-8-19(9-11-21)20-12-14-22(35-2)15-13-20/h5-17H,3-4,18H2,1-2H3. The third-order valence-electron chi connectivity index (χ3n) is 6.43. The van der Waals surface area contributed by atoms with E-state index in [4.69, 9.17) is 9.47 Å². The van der Waals surface area contributed by atoms with E-state index in [0.717, 1.165) is 29.7 Å². The fourth-order valence-corrected chi connectivity index (χ4v) is 4.47. The molecule has 0 spiro atoms. The van der Waals surface area contributed by atoms with Crippen molar-refractivity contribution in [2.75, 3.05) is 13.7 Å². The summed E-state index contributed by atoms with van der Waals surface area (Å²) in [6.07, 6.45) is 1.62. The molecule has 4 aromatic rings. The van der Waals surface area contributed by atoms with E-state index in [9.17, 15) is 14.4 Å². The maximum Gasteiger partial charge on any atom is 0.343 e. The van der Waals surface area contributed by atoms with Crippen LogP contribution in [-0.4, -0.2) is 36.3 Å². The van der Waals surface area contributed by atoms with Crippen LogP contribution < -0.4 is 9.47 Å². The van der Waals surface area contributed by atoms with Crippen LogP contribution in [0.2, 0.25) is 0 Å². The van der Waals surface area contributed by atoms with Crippen molar-refractivity contribution >= 4 is 28.6 Å². The molecule has 0 aromatic heterocycles. The van der Waals surface area contributed by atoms with Crippen LogP contribution in [0.15, 0.2) is 78.9 Å². The molecule has 0 unspecified atom stereocenters. The van der Waals surface area contributed by atoms with E-state index in [2.05, 4.69) is 0 Å². The van der Waals surface area contributed by atoms with Crippen molar-refractivity contribution in [2.24, 2.45) is 0 Å². The number of hydrogen-bond acceptors (Lipinski definition) is 5. The van der Waals surface area contributed by atoms with E-state index in [1.807, 2.05) is 43.3 Å². The van der Waals surface area contributed by atoms with Gasteiger partial charge in [-0.05, 0) is 60.0 Å². The third kappa shape index (κ3) is 4.11. The summed E-state index contributed by atoms with van der Waals surface area (Å²) in [5.74, 6) is -0.0668. The highest BCUT2D eigenvalue weighted by Gasteiger charge is 2.33. The molecule has 0 radical (unpaired) electrons. The normalized spacial score (nSPS) is 12.7. The molecule has 6 nitrogen and oxygen atoms in total. The van der Waals surface area contributed by atoms with E-state index in [1.54, 1.807) is 49.6 Å². The lowest BCUT2D eigenvalue weighted by atomic mass is 9.93. The number of benzene rings is 4. The zero-order valence-corrected chi connectivity index (χ0v) is 20.1. The van der Waals surface area contributed by atoms with Crippen LogP contribution in [0.3, 0.4) is 0 Å². The summed E-state index contributed by atoms with van der Waals surface area (Å²) in [5, 5.41) is 1.09. The fraction of sp³-hybridized carbons (Fsp3) is 0.167. The number of carbonyl (C=O) groups is 3. The van der Waals surface area contributed by atoms with Gasteiger partial charge in [0.1, 0.15) is 11.5 Å². The van der Waals surface area contributed by atoms with Gasteiger partial charge >= 0.3 is 5.97 Å². The number of nitrogens with zero attached hydrogens (tertiary/aromatic N) is 1. The molecule has 4 aromatic carbocycles. The number of imide groups is 1. The van der Waals surface area contributed by atoms with Crippen LogP contribution in [0.25, 0.3) is 21.9 Å². The van der Waals surface area contributed by atoms with Gasteiger partial charge < -0.3 is 9.47 Å². The maximum absolute atomic E-state index is 13.0. The molecule has 0 atom stereocenters. The zero-order chi connectivity index (χ0) is 25.2. The molecule has 6 heteroatoms. The Labute approximate surface area is 209 Å². The number of unbranched alkanes of at least 4 members (excludes halogenated alkanes) is 1. The first-order chi connectivity index (χ1) is 17.5. The highest BCUT2D eigenvalue weighted by atomic mass is 16.5. The number of amides is 2. The van der Waals surface area contributed by atoms with Gasteiger partial charge in [0.05, 0.1) is 12.7 Å². The molecule has 2 amide bonds. The summed E-state index contributed by atoms with van der Waals surface area (Å²) >= 11 is 0. The Hall–Kier alpha value is -4.45. The lowest BCUT2D eigenvalue weighted by Gasteiger charge is -2.27. The first-order valence-corrected chi connectivity index (χ1v) is 11.9. The van der Waals surface area contributed by atoms with Gasteiger partial charge in [0.25, 0.3) is 11.8 Å². The summed E-state index contributed by atoms with van der Waals surface area (Å²) in [5.41, 5.74) is 3.24. The summed E-state index contributed by atoms with van der Waals surface area (Å²) in [7, 11) is 1.62. The van der Waals surface area contributed by atoms with Crippen LogP contribution in [0.5, 0.6) is 11.5 Å². The molecule has 0 fully saturated rings. The highest BCUT2D eigenvalue weighted by molar-refractivity contribution is 6.26. The minimum Gasteiger partial charge on any atom is -0.497 e. The molecule has 1 aliphatic heterocycles. The number of carbonyl (C=O) groups excluding carboxylic acids is 3. The Kier molecular flexibility index (Phi) is 6.25. The molecule has 0 saturated carbocycles. The monoisotopic (exact) mass is 479 g/mol. The summed E-state index contributed by atoms with van der Waals surface area (Å²) in [6.45, 7) is 2.40. The van der Waals surface area contributed by atoms with Crippen LogP contribution in [-0.2, 0) is 0 Å². The van der Waals surface area contributed by atoms with Gasteiger partial charge in [-0.2, -0.15) is 0 Å². The first kappa shape index (κ1) is 23.3. The van der Waals surface area contributed by atoms with E-state index >= 15 is 0 Å². The van der Waals surface area contributed by atoms with Crippen LogP contribution in [0.1, 0.15) is 50.8 Å². The Morgan fingerprint density at radius 2 is 1.44 bits per heavy atom. The number of hydrogen-bond donors (Lipinski definition) is 0. The summed E-state index contributed by atoms with van der Waals surface area (Å²) in [4.78, 5) is 40.4. The van der Waals surface area contributed by atoms with Gasteiger partial charge in [0.15, 0.2) is 0 Å². The Bertz CT molecular complexity index is 1450. The molecule has 0 N–H and O–H groups in total. The topological polar surface area (TPSA) is 72.9 Å². The second kappa shape index (κ2) is 9.66. The summed E-state index contributed by atoms with van der Waals surface area (Å²) in [6, 6.07) is 23.3. The molecule has 1 aliphatic rings. The van der Waals surface area contributed by atoms with Crippen molar-refractivity contribution in [1.29, 1.82) is 0 Å². The average molecular weight is 480 g/mol. The van der Waals surface area contributed by atoms with Gasteiger partial charge in [0, 0.05) is 28.4 Å². The third-order valence-corrected chi connectivity index (χ3v) is 6.43. The number of methoxy groups -OCH3 is 1. The van der Waals surface area contributed by atoms with Crippen molar-refractivity contribution in [3.63, 3.8) is 0 Å². The molecule has 5 rings (SSSR count). The molecule has 0 bridgehead atoms. The molecular formula is C30H25NO5. The Balaban J connectivity index is 1.42. The van der Waals surface area contributed by atoms with Gasteiger partial charge in [-0.1, -0.05) is 49.7 Å². The lowest BCUT2D eigenvalue weighted by molar-refractivity contribution is 0.0608. The number of rotatable bonds is 7. The highest BCUT2D eigenvalue weighted by Crippen LogP contribution is 2.36. The molecule has 1 heterocycles. The van der Waals surface area contributed by atoms with Crippen LogP contribution >= 0.6 is 0 Å². The molecule has 0 saturated heterocycles. The second-order valence-electron chi connectivity index (χ2n) is 8.65. The SMILES string of the molecule is CCCCN1C(=O)c2cccc3c(OC(=O)c4ccc(-c5ccc(OC)cc5)cc4)ccc(c23)C1=O. The smallest absolute Gasteiger partial charge is 0.343 e. The summed E-state index contributed by atoms with van der Waals surface area (Å²) < 4.78 is 10.9. The van der Waals surface area contributed by atoms with Crippen LogP contribution in [0.4, 0.5) is 0 Å². The van der Waals surface area contributed by atoms with Crippen molar-refractivity contribution < 1.29 is 23.9 Å². The van der Waals surface area contributed by atoms with E-state index in [1.165, 1.54) is 4.90 Å². The van der Waals surface area contributed by atoms with E-state index in [0.29, 0.717) is 39.8 Å². The molecule has 36 heavy (non-hydrogen) atoms. The van der Waals surface area contributed by atoms with E-state index in [-0.39, 0.29) is 11.8 Å². The minimum atomic E-state index is -0.519. The maximum atomic E-state index is 13.0. The molecule has 0 aliphatic carbocycles. The minimum absolute atomic E-state index is 0.308. The van der Waals surface area contributed by atoms with Gasteiger partial charge in [-0.15, -0.1) is 0 Å². The number of ether oxygens (including phenoxy) is 2. The second-order valence-corrected chi connectivity index (χ2v) is 8.65. The Morgan fingerprint density at radius 3 is 2.08 bits per heavy atom. The lowest BCUT2D eigenvalue weighted by Crippen LogP contribution is -2.40. The van der Waals surface area contributed by atoms with Gasteiger partial charge in [-0.3, -0.25) is 14.5 Å². The predicted molar refractivity (Wildman–Crippen MR) is 138 cm³/mol. The largest absolute Gasteiger partial charge is 0.497 e. The fourth-order valence-electron chi connectivity index (χ4n) is 4.47. The van der Waals surface area contributed by atoms with Gasteiger partial charge in [-0.25, -0.2) is 4.79 Å². The van der Waals surface area contributed by atoms with Gasteiger partial charge in [0.2, 0.25) is 0 Å². The van der Waals surface area contributed by atoms with Crippen molar-refractivity contribution in [1.82, 2.24) is 4.90 Å². The molecule has 180 valence electrons. The van der Waals surface area contributed by atoms with Crippen molar-refractivity contribution in [2.45, 2.75) is 19.8 Å². The van der Waals surface area contributed by atoms with E-state index < -0.39 is 5.97 Å². The quantitative estimate of drug-likeness (QED) is 0.181. The average Bonchev–Trinajstić information content (AvgIpc) is 2.92. The predicted octanol–water partition coefficient (Wildman–Crippen LogP) is 6.13. The number of esters is 1. The van der Waals surface area contributed by atoms with Crippen molar-refractivity contribution in [3.05, 3.63) is 95.6 Å². The first-order valence-electron chi connectivity index (χ1n) is 11.9. The van der Waals surface area contributed by atoms with Crippen LogP contribution in [0, 0.1) is 0 Å². The van der Waals surface area contributed by atoms with Crippen molar-refractivity contribution in [3.8, 4) is 22.6 Å². The molecular weight excluding hydrogens is 454 g/mol.